The SMILES string of the molecule is CCNC(=NCc1ccc(OCC2CC2)nc1)NCCc1ccccn1.I. The zero-order valence-electron chi connectivity index (χ0n) is 15.7. The van der Waals surface area contributed by atoms with E-state index in [1.807, 2.05) is 42.7 Å². The summed E-state index contributed by atoms with van der Waals surface area (Å²) in [5.41, 5.74) is 2.13. The van der Waals surface area contributed by atoms with Crippen molar-refractivity contribution in [2.75, 3.05) is 19.7 Å². The van der Waals surface area contributed by atoms with Crippen molar-refractivity contribution >= 4 is 29.9 Å². The van der Waals surface area contributed by atoms with Crippen LogP contribution in [-0.4, -0.2) is 35.6 Å². The highest BCUT2D eigenvalue weighted by Crippen LogP contribution is 2.29. The zero-order chi connectivity index (χ0) is 18.0. The number of guanidine groups is 1. The minimum Gasteiger partial charge on any atom is -0.477 e. The van der Waals surface area contributed by atoms with E-state index in [9.17, 15) is 0 Å². The molecule has 0 bridgehead atoms. The largest absolute Gasteiger partial charge is 0.477 e. The number of aromatic nitrogens is 2. The van der Waals surface area contributed by atoms with E-state index in [2.05, 4.69) is 32.5 Å². The smallest absolute Gasteiger partial charge is 0.213 e. The first-order chi connectivity index (χ1) is 12.8. The second kappa shape index (κ2) is 11.7. The molecule has 1 aliphatic rings. The van der Waals surface area contributed by atoms with Gasteiger partial charge in [-0.1, -0.05) is 12.1 Å². The van der Waals surface area contributed by atoms with Crippen LogP contribution in [0.25, 0.3) is 0 Å². The molecule has 0 saturated heterocycles. The van der Waals surface area contributed by atoms with Crippen molar-refractivity contribution < 1.29 is 4.74 Å². The molecule has 0 unspecified atom stereocenters. The summed E-state index contributed by atoms with van der Waals surface area (Å²) in [4.78, 5) is 13.3. The molecule has 3 rings (SSSR count). The Balaban J connectivity index is 0.00000261. The molecule has 27 heavy (non-hydrogen) atoms. The molecule has 6 nitrogen and oxygen atoms in total. The van der Waals surface area contributed by atoms with Gasteiger partial charge in [0.25, 0.3) is 0 Å². The van der Waals surface area contributed by atoms with Crippen LogP contribution in [-0.2, 0) is 13.0 Å². The quantitative estimate of drug-likeness (QED) is 0.327. The molecule has 0 aliphatic heterocycles. The van der Waals surface area contributed by atoms with Gasteiger partial charge in [-0.05, 0) is 43.4 Å². The average Bonchev–Trinajstić information content (AvgIpc) is 3.51. The minimum absolute atomic E-state index is 0. The zero-order valence-corrected chi connectivity index (χ0v) is 18.1. The summed E-state index contributed by atoms with van der Waals surface area (Å²) < 4.78 is 5.67. The number of ether oxygens (including phenoxy) is 1. The lowest BCUT2D eigenvalue weighted by molar-refractivity contribution is 0.288. The van der Waals surface area contributed by atoms with Gasteiger partial charge in [-0.25, -0.2) is 9.98 Å². The van der Waals surface area contributed by atoms with Gasteiger partial charge < -0.3 is 15.4 Å². The molecule has 0 atom stereocenters. The van der Waals surface area contributed by atoms with Crippen molar-refractivity contribution in [2.24, 2.45) is 10.9 Å². The van der Waals surface area contributed by atoms with Crippen molar-refractivity contribution in [1.82, 2.24) is 20.6 Å². The molecule has 146 valence electrons. The number of rotatable bonds is 9. The average molecular weight is 481 g/mol. The summed E-state index contributed by atoms with van der Waals surface area (Å²) in [5, 5.41) is 6.61. The van der Waals surface area contributed by atoms with Crippen LogP contribution in [0, 0.1) is 5.92 Å². The summed E-state index contributed by atoms with van der Waals surface area (Å²) >= 11 is 0. The van der Waals surface area contributed by atoms with E-state index in [0.29, 0.717) is 12.4 Å². The van der Waals surface area contributed by atoms with Crippen molar-refractivity contribution in [2.45, 2.75) is 32.7 Å². The standard InChI is InChI=1S/C20H27N5O.HI/c1-2-21-20(23-12-10-18-5-3-4-11-22-18)25-14-17-8-9-19(24-13-17)26-15-16-6-7-16;/h3-5,8-9,11,13,16H,2,6-7,10,12,14-15H2,1H3,(H2,21,23,25);1H. The molecule has 1 saturated carbocycles. The molecule has 2 heterocycles. The number of nitrogens with zero attached hydrogens (tertiary/aromatic N) is 3. The summed E-state index contributed by atoms with van der Waals surface area (Å²) in [6.45, 7) is 5.03. The van der Waals surface area contributed by atoms with Crippen molar-refractivity contribution in [1.29, 1.82) is 0 Å². The maximum atomic E-state index is 5.67. The van der Waals surface area contributed by atoms with Crippen molar-refractivity contribution in [3.8, 4) is 5.88 Å². The van der Waals surface area contributed by atoms with E-state index in [0.717, 1.165) is 49.3 Å². The number of pyridine rings is 2. The van der Waals surface area contributed by atoms with Crippen LogP contribution < -0.4 is 15.4 Å². The molecule has 2 N–H and O–H groups in total. The van der Waals surface area contributed by atoms with E-state index in [4.69, 9.17) is 4.74 Å². The number of hydrogen-bond donors (Lipinski definition) is 2. The third-order valence-corrected chi connectivity index (χ3v) is 4.13. The number of halogens is 1. The van der Waals surface area contributed by atoms with Crippen molar-refractivity contribution in [3.63, 3.8) is 0 Å². The van der Waals surface area contributed by atoms with Gasteiger partial charge in [-0.3, -0.25) is 4.98 Å². The monoisotopic (exact) mass is 481 g/mol. The molecule has 2 aromatic rings. The topological polar surface area (TPSA) is 71.4 Å². The van der Waals surface area contributed by atoms with E-state index in [1.54, 1.807) is 0 Å². The Morgan fingerprint density at radius 3 is 2.74 bits per heavy atom. The lowest BCUT2D eigenvalue weighted by Crippen LogP contribution is -2.38. The van der Waals surface area contributed by atoms with Gasteiger partial charge in [-0.2, -0.15) is 0 Å². The van der Waals surface area contributed by atoms with Crippen LogP contribution >= 0.6 is 24.0 Å². The van der Waals surface area contributed by atoms with Gasteiger partial charge in [-0.15, -0.1) is 24.0 Å². The predicted molar refractivity (Wildman–Crippen MR) is 119 cm³/mol. The third kappa shape index (κ3) is 8.11. The van der Waals surface area contributed by atoms with E-state index in [-0.39, 0.29) is 24.0 Å². The van der Waals surface area contributed by atoms with Crippen LogP contribution in [0.15, 0.2) is 47.7 Å². The Bertz CT molecular complexity index is 689. The minimum atomic E-state index is 0. The molecular formula is C20H28IN5O. The van der Waals surface area contributed by atoms with Crippen LogP contribution in [0.5, 0.6) is 5.88 Å². The van der Waals surface area contributed by atoms with Gasteiger partial charge in [0.05, 0.1) is 13.2 Å². The fourth-order valence-electron chi connectivity index (χ4n) is 2.44. The molecule has 0 amide bonds. The molecule has 1 aliphatic carbocycles. The normalized spacial score (nSPS) is 13.6. The van der Waals surface area contributed by atoms with E-state index >= 15 is 0 Å². The Morgan fingerprint density at radius 1 is 1.19 bits per heavy atom. The number of aliphatic imine (C=N–C) groups is 1. The first-order valence-corrected chi connectivity index (χ1v) is 9.33. The fraction of sp³-hybridized carbons (Fsp3) is 0.450. The first kappa shape index (κ1) is 21.4. The van der Waals surface area contributed by atoms with Crippen molar-refractivity contribution in [3.05, 3.63) is 54.0 Å². The van der Waals surface area contributed by atoms with E-state index in [1.165, 1.54) is 12.8 Å². The van der Waals surface area contributed by atoms with Gasteiger partial charge in [0.15, 0.2) is 5.96 Å². The molecule has 7 heteroatoms. The van der Waals surface area contributed by atoms with Crippen LogP contribution in [0.4, 0.5) is 0 Å². The summed E-state index contributed by atoms with van der Waals surface area (Å²) in [7, 11) is 0. The molecular weight excluding hydrogens is 453 g/mol. The second-order valence-electron chi connectivity index (χ2n) is 6.45. The maximum Gasteiger partial charge on any atom is 0.213 e. The second-order valence-corrected chi connectivity index (χ2v) is 6.45. The predicted octanol–water partition coefficient (Wildman–Crippen LogP) is 3.18. The van der Waals surface area contributed by atoms with Crippen LogP contribution in [0.1, 0.15) is 31.0 Å². The first-order valence-electron chi connectivity index (χ1n) is 9.33. The summed E-state index contributed by atoms with van der Waals surface area (Å²) in [5.74, 6) is 2.24. The molecule has 0 radical (unpaired) electrons. The van der Waals surface area contributed by atoms with Crippen LogP contribution in [0.2, 0.25) is 0 Å². The lowest BCUT2D eigenvalue weighted by atomic mass is 10.3. The van der Waals surface area contributed by atoms with E-state index < -0.39 is 0 Å². The van der Waals surface area contributed by atoms with Gasteiger partial charge in [0, 0.05) is 43.7 Å². The highest BCUT2D eigenvalue weighted by Gasteiger charge is 2.21. The number of hydrogen-bond acceptors (Lipinski definition) is 4. The number of nitrogens with one attached hydrogen (secondary N) is 2. The molecule has 0 spiro atoms. The third-order valence-electron chi connectivity index (χ3n) is 4.13. The maximum absolute atomic E-state index is 5.67. The Hall–Kier alpha value is -1.90. The van der Waals surface area contributed by atoms with Gasteiger partial charge in [0.2, 0.25) is 5.88 Å². The molecule has 0 aromatic carbocycles. The lowest BCUT2D eigenvalue weighted by Gasteiger charge is -2.11. The van der Waals surface area contributed by atoms with Gasteiger partial charge >= 0.3 is 0 Å². The highest BCUT2D eigenvalue weighted by molar-refractivity contribution is 14.0. The summed E-state index contributed by atoms with van der Waals surface area (Å²) in [6, 6.07) is 9.92. The Kier molecular flexibility index (Phi) is 9.30. The fourth-order valence-corrected chi connectivity index (χ4v) is 2.44. The van der Waals surface area contributed by atoms with Gasteiger partial charge in [0.1, 0.15) is 0 Å². The molecule has 1 fully saturated rings. The molecule has 2 aromatic heterocycles. The van der Waals surface area contributed by atoms with Crippen LogP contribution in [0.3, 0.4) is 0 Å². The summed E-state index contributed by atoms with van der Waals surface area (Å²) in [6.07, 6.45) is 7.09. The Morgan fingerprint density at radius 2 is 2.07 bits per heavy atom. The highest BCUT2D eigenvalue weighted by atomic mass is 127. The Labute approximate surface area is 178 Å².